The van der Waals surface area contributed by atoms with Gasteiger partial charge in [-0.3, -0.25) is 0 Å². The zero-order valence-electron chi connectivity index (χ0n) is 30.3. The van der Waals surface area contributed by atoms with Crippen molar-refractivity contribution in [2.24, 2.45) is 0 Å². The lowest BCUT2D eigenvalue weighted by atomic mass is 10.0. The van der Waals surface area contributed by atoms with Crippen molar-refractivity contribution < 1.29 is 0 Å². The maximum absolute atomic E-state index is 10.8. The maximum Gasteiger partial charge on any atom is 0.188 e. The molecule has 0 fully saturated rings. The molecule has 262 valence electrons. The van der Waals surface area contributed by atoms with E-state index in [4.69, 9.17) is 6.57 Å². The molecule has 3 aromatic heterocycles. The lowest BCUT2D eigenvalue weighted by molar-refractivity contribution is 1.12. The Hall–Kier alpha value is -8.37. The van der Waals surface area contributed by atoms with Gasteiger partial charge in [-0.2, -0.15) is 10.5 Å². The van der Waals surface area contributed by atoms with Crippen molar-refractivity contribution in [1.82, 2.24) is 13.7 Å². The highest BCUT2D eigenvalue weighted by Gasteiger charge is 2.22. The molecule has 3 heterocycles. The lowest BCUT2D eigenvalue weighted by Crippen LogP contribution is -2.02. The smallest absolute Gasteiger partial charge is 0.188 e. The number of hydrogen-bond acceptors (Lipinski definition) is 2. The average molecular weight is 725 g/mol. The molecule has 0 bridgehead atoms. The van der Waals surface area contributed by atoms with Gasteiger partial charge in [-0.1, -0.05) is 103 Å². The summed E-state index contributed by atoms with van der Waals surface area (Å²) in [6, 6.07) is 62.7. The number of nitrogens with zero attached hydrogens (tertiary/aromatic N) is 6. The summed E-state index contributed by atoms with van der Waals surface area (Å²) in [5.41, 5.74) is 12.4. The van der Waals surface area contributed by atoms with E-state index in [0.717, 1.165) is 82.8 Å². The van der Waals surface area contributed by atoms with Crippen LogP contribution in [0.4, 0.5) is 5.69 Å². The molecule has 57 heavy (non-hydrogen) atoms. The first-order valence-corrected chi connectivity index (χ1v) is 18.7. The zero-order valence-corrected chi connectivity index (χ0v) is 30.3. The van der Waals surface area contributed by atoms with Crippen molar-refractivity contribution in [3.05, 3.63) is 192 Å². The van der Waals surface area contributed by atoms with Gasteiger partial charge in [0.15, 0.2) is 5.69 Å². The Kier molecular flexibility index (Phi) is 6.95. The van der Waals surface area contributed by atoms with Crippen LogP contribution in [0.1, 0.15) is 11.1 Å². The van der Waals surface area contributed by atoms with Gasteiger partial charge in [0.1, 0.15) is 12.1 Å². The van der Waals surface area contributed by atoms with Gasteiger partial charge in [0.25, 0.3) is 0 Å². The molecule has 0 saturated heterocycles. The van der Waals surface area contributed by atoms with Gasteiger partial charge >= 0.3 is 0 Å². The van der Waals surface area contributed by atoms with Crippen molar-refractivity contribution in [3.63, 3.8) is 0 Å². The second-order valence-electron chi connectivity index (χ2n) is 14.2. The van der Waals surface area contributed by atoms with Crippen LogP contribution >= 0.6 is 0 Å². The number of para-hydroxylation sites is 5. The van der Waals surface area contributed by atoms with Crippen molar-refractivity contribution in [2.45, 2.75) is 0 Å². The molecule has 11 aromatic rings. The van der Waals surface area contributed by atoms with Crippen LogP contribution in [0.15, 0.2) is 170 Å². The first-order chi connectivity index (χ1) is 28.2. The van der Waals surface area contributed by atoms with Gasteiger partial charge < -0.3 is 13.7 Å². The van der Waals surface area contributed by atoms with Crippen LogP contribution in [-0.4, -0.2) is 13.7 Å². The van der Waals surface area contributed by atoms with E-state index in [-0.39, 0.29) is 0 Å². The largest absolute Gasteiger partial charge is 0.308 e. The number of rotatable bonds is 4. The highest BCUT2D eigenvalue weighted by molar-refractivity contribution is 6.15. The molecule has 0 N–H and O–H groups in total. The Morgan fingerprint density at radius 2 is 0.965 bits per heavy atom. The highest BCUT2D eigenvalue weighted by atomic mass is 15.1. The van der Waals surface area contributed by atoms with Crippen molar-refractivity contribution in [1.29, 1.82) is 10.5 Å². The molecule has 8 aromatic carbocycles. The van der Waals surface area contributed by atoms with Crippen molar-refractivity contribution in [3.8, 4) is 40.3 Å². The first kappa shape index (κ1) is 32.1. The molecule has 0 amide bonds. The second kappa shape index (κ2) is 12.3. The van der Waals surface area contributed by atoms with Gasteiger partial charge in [0.05, 0.1) is 62.2 Å². The molecule has 6 nitrogen and oxygen atoms in total. The summed E-state index contributed by atoms with van der Waals surface area (Å²) in [4.78, 5) is 3.65. The van der Waals surface area contributed by atoms with Crippen LogP contribution in [0, 0.1) is 29.2 Å². The minimum Gasteiger partial charge on any atom is -0.308 e. The number of nitriles is 2. The third kappa shape index (κ3) is 4.61. The zero-order chi connectivity index (χ0) is 38.2. The van der Waals surface area contributed by atoms with E-state index in [1.54, 1.807) is 0 Å². The van der Waals surface area contributed by atoms with Crippen LogP contribution in [-0.2, 0) is 0 Å². The van der Waals surface area contributed by atoms with E-state index >= 15 is 0 Å². The van der Waals surface area contributed by atoms with E-state index in [1.807, 2.05) is 42.5 Å². The summed E-state index contributed by atoms with van der Waals surface area (Å²) >= 11 is 0. The summed E-state index contributed by atoms with van der Waals surface area (Å²) < 4.78 is 6.70. The molecule has 6 heteroatoms. The third-order valence-corrected chi connectivity index (χ3v) is 11.3. The van der Waals surface area contributed by atoms with Gasteiger partial charge in [-0.15, -0.1) is 0 Å². The van der Waals surface area contributed by atoms with E-state index in [2.05, 4.69) is 158 Å². The van der Waals surface area contributed by atoms with Gasteiger partial charge in [-0.05, 0) is 83.2 Å². The molecule has 0 unspecified atom stereocenters. The summed E-state index contributed by atoms with van der Waals surface area (Å²) in [7, 11) is 0. The fourth-order valence-electron chi connectivity index (χ4n) is 8.90. The number of aromatic nitrogens is 3. The molecule has 0 aliphatic rings. The average Bonchev–Trinajstić information content (AvgIpc) is 3.92. The van der Waals surface area contributed by atoms with Crippen LogP contribution in [0.2, 0.25) is 0 Å². The molecular formula is C51H28N6. The normalized spacial score (nSPS) is 11.5. The molecular weight excluding hydrogens is 697 g/mol. The summed E-state index contributed by atoms with van der Waals surface area (Å²) in [5, 5.41) is 27.4. The molecule has 0 atom stereocenters. The van der Waals surface area contributed by atoms with Gasteiger partial charge in [0.2, 0.25) is 0 Å². The molecule has 0 spiro atoms. The van der Waals surface area contributed by atoms with Crippen LogP contribution < -0.4 is 0 Å². The Morgan fingerprint density at radius 1 is 0.404 bits per heavy atom. The molecule has 0 saturated carbocycles. The number of fused-ring (bicyclic) bond motifs is 9. The summed E-state index contributed by atoms with van der Waals surface area (Å²) in [6.45, 7) is 7.57. The minimum absolute atomic E-state index is 0.555. The van der Waals surface area contributed by atoms with Crippen LogP contribution in [0.5, 0.6) is 0 Å². The predicted molar refractivity (Wildman–Crippen MR) is 231 cm³/mol. The maximum atomic E-state index is 10.8. The minimum atomic E-state index is 0.555. The van der Waals surface area contributed by atoms with Gasteiger partial charge in [-0.25, -0.2) is 4.85 Å². The number of hydrogen-bond donors (Lipinski definition) is 0. The molecule has 0 aliphatic carbocycles. The monoisotopic (exact) mass is 724 g/mol. The van der Waals surface area contributed by atoms with E-state index in [1.165, 1.54) is 10.8 Å². The van der Waals surface area contributed by atoms with E-state index in [9.17, 15) is 10.5 Å². The fraction of sp³-hybridized carbons (Fsp3) is 0. The summed E-state index contributed by atoms with van der Waals surface area (Å²) in [5.74, 6) is 0. The Morgan fingerprint density at radius 3 is 1.63 bits per heavy atom. The quantitative estimate of drug-likeness (QED) is 0.170. The van der Waals surface area contributed by atoms with Crippen molar-refractivity contribution in [2.75, 3.05) is 0 Å². The van der Waals surface area contributed by atoms with Crippen LogP contribution in [0.25, 0.3) is 98.5 Å². The topological polar surface area (TPSA) is 66.7 Å². The Bertz CT molecular complexity index is 3560. The highest BCUT2D eigenvalue weighted by Crippen LogP contribution is 2.41. The van der Waals surface area contributed by atoms with Gasteiger partial charge in [0, 0.05) is 32.6 Å². The van der Waals surface area contributed by atoms with E-state index < -0.39 is 0 Å². The van der Waals surface area contributed by atoms with Crippen LogP contribution in [0.3, 0.4) is 0 Å². The SMILES string of the molecule is [C-]#[N+]c1ccc2c(c1)c1cccc(C#N)c1n2-c1ccc(-c2ccc(-n3c4ccccc4c4cccc(-n5c6ccccc6c6ccccc65)c43)c(C#N)c2)cc1. The first-order valence-electron chi connectivity index (χ1n) is 18.7. The Labute approximate surface area is 326 Å². The standard InChI is InChI=1S/C51H28N6/c1-54-36-23-27-48-43(29-36)42-14-8-10-34(30-52)50(42)55(48)37-24-20-32(21-25-37)33-22-26-44(35(28-33)31-53)57-47-18-7-4-13-40(47)41-15-9-19-49(51(41)57)56-45-16-5-2-11-38(45)39-12-3-6-17-46(39)56/h2-29H. The molecule has 11 rings (SSSR count). The summed E-state index contributed by atoms with van der Waals surface area (Å²) in [6.07, 6.45) is 0. The number of benzene rings is 8. The fourth-order valence-corrected chi connectivity index (χ4v) is 8.90. The van der Waals surface area contributed by atoms with Crippen molar-refractivity contribution >= 4 is 71.1 Å². The molecule has 0 aliphatic heterocycles. The van der Waals surface area contributed by atoms with E-state index in [0.29, 0.717) is 16.8 Å². The lowest BCUT2D eigenvalue weighted by Gasteiger charge is -2.16. The second-order valence-corrected chi connectivity index (χ2v) is 14.2. The predicted octanol–water partition coefficient (Wildman–Crippen LogP) is 12.9. The molecule has 0 radical (unpaired) electrons. The Balaban J connectivity index is 1.08. The third-order valence-electron chi connectivity index (χ3n) is 11.3.